The van der Waals surface area contributed by atoms with Crippen molar-refractivity contribution in [1.29, 1.82) is 0 Å². The van der Waals surface area contributed by atoms with Gasteiger partial charge < -0.3 is 15.3 Å². The highest BCUT2D eigenvalue weighted by Crippen LogP contribution is 2.43. The van der Waals surface area contributed by atoms with E-state index in [1.807, 2.05) is 20.8 Å². The van der Waals surface area contributed by atoms with E-state index >= 15 is 0 Å². The van der Waals surface area contributed by atoms with Gasteiger partial charge in [0.15, 0.2) is 5.78 Å². The molecule has 4 heteroatoms. The zero-order chi connectivity index (χ0) is 14.7. The molecule has 19 heavy (non-hydrogen) atoms. The Kier molecular flexibility index (Phi) is 4.59. The molecular formula is C15H20O4. The summed E-state index contributed by atoms with van der Waals surface area (Å²) in [5, 5.41) is 29.7. The number of carbonyl (C=O) groups is 1. The zero-order valence-corrected chi connectivity index (χ0v) is 11.5. The summed E-state index contributed by atoms with van der Waals surface area (Å²) in [7, 11) is 0. The standard InChI is InChI=1S/C15H20O4/c1-5-6-10(16)14-12(18)7-11(17)13(15(14)19)9(4)8(2)3/h7-8,17-19H,4-6H2,1-3H3. The molecule has 0 atom stereocenters. The fourth-order valence-electron chi connectivity index (χ4n) is 1.87. The van der Waals surface area contributed by atoms with Crippen molar-refractivity contribution < 1.29 is 20.1 Å². The van der Waals surface area contributed by atoms with Gasteiger partial charge in [-0.3, -0.25) is 4.79 Å². The second kappa shape index (κ2) is 5.78. The van der Waals surface area contributed by atoms with Crippen LogP contribution in [0.15, 0.2) is 12.6 Å². The number of hydrogen-bond acceptors (Lipinski definition) is 4. The SMILES string of the molecule is C=C(c1c(O)cc(O)c(C(=O)CCC)c1O)C(C)C. The van der Waals surface area contributed by atoms with Gasteiger partial charge in [0.2, 0.25) is 0 Å². The first-order valence-electron chi connectivity index (χ1n) is 6.31. The summed E-state index contributed by atoms with van der Waals surface area (Å²) in [6.45, 7) is 9.37. The largest absolute Gasteiger partial charge is 0.507 e. The van der Waals surface area contributed by atoms with E-state index in [2.05, 4.69) is 6.58 Å². The lowest BCUT2D eigenvalue weighted by Gasteiger charge is -2.16. The summed E-state index contributed by atoms with van der Waals surface area (Å²) >= 11 is 0. The van der Waals surface area contributed by atoms with Crippen molar-refractivity contribution >= 4 is 11.4 Å². The Hall–Kier alpha value is -1.97. The molecule has 0 heterocycles. The number of benzene rings is 1. The van der Waals surface area contributed by atoms with Crippen molar-refractivity contribution in [2.45, 2.75) is 33.6 Å². The summed E-state index contributed by atoms with van der Waals surface area (Å²) in [6.07, 6.45) is 0.832. The molecule has 0 radical (unpaired) electrons. The van der Waals surface area contributed by atoms with E-state index < -0.39 is 11.5 Å². The Bertz CT molecular complexity index is 515. The van der Waals surface area contributed by atoms with Gasteiger partial charge in [-0.15, -0.1) is 0 Å². The first-order valence-corrected chi connectivity index (χ1v) is 6.31. The third-order valence-electron chi connectivity index (χ3n) is 3.03. The van der Waals surface area contributed by atoms with Crippen LogP contribution in [0, 0.1) is 5.92 Å². The highest BCUT2D eigenvalue weighted by molar-refractivity contribution is 6.03. The highest BCUT2D eigenvalue weighted by atomic mass is 16.3. The second-order valence-corrected chi connectivity index (χ2v) is 4.87. The highest BCUT2D eigenvalue weighted by Gasteiger charge is 2.24. The molecule has 0 saturated carbocycles. The van der Waals surface area contributed by atoms with Crippen LogP contribution in [0.4, 0.5) is 0 Å². The molecule has 1 aromatic carbocycles. The van der Waals surface area contributed by atoms with Crippen LogP contribution < -0.4 is 0 Å². The molecule has 104 valence electrons. The van der Waals surface area contributed by atoms with E-state index in [-0.39, 0.29) is 35.0 Å². The van der Waals surface area contributed by atoms with Crippen LogP contribution >= 0.6 is 0 Å². The van der Waals surface area contributed by atoms with Crippen LogP contribution in [-0.2, 0) is 0 Å². The van der Waals surface area contributed by atoms with Gasteiger partial charge in [-0.2, -0.15) is 0 Å². The molecule has 0 aliphatic rings. The van der Waals surface area contributed by atoms with E-state index in [0.717, 1.165) is 6.07 Å². The molecule has 0 spiro atoms. The third-order valence-corrected chi connectivity index (χ3v) is 3.03. The fourth-order valence-corrected chi connectivity index (χ4v) is 1.87. The number of allylic oxidation sites excluding steroid dienone is 1. The Balaban J connectivity index is 3.47. The van der Waals surface area contributed by atoms with E-state index in [0.29, 0.717) is 12.0 Å². The summed E-state index contributed by atoms with van der Waals surface area (Å²) in [5.74, 6) is -1.43. The first kappa shape index (κ1) is 15.1. The minimum atomic E-state index is -0.409. The monoisotopic (exact) mass is 264 g/mol. The maximum absolute atomic E-state index is 11.9. The number of Topliss-reactive ketones (excluding diaryl/α,β-unsaturated/α-hetero) is 1. The molecule has 1 aromatic rings. The Morgan fingerprint density at radius 2 is 1.74 bits per heavy atom. The normalized spacial score (nSPS) is 10.7. The lowest BCUT2D eigenvalue weighted by Crippen LogP contribution is -2.03. The number of aromatic hydroxyl groups is 3. The maximum atomic E-state index is 11.9. The van der Waals surface area contributed by atoms with Gasteiger partial charge in [0.25, 0.3) is 0 Å². The minimum absolute atomic E-state index is 0.00419. The van der Waals surface area contributed by atoms with Gasteiger partial charge in [-0.05, 0) is 17.9 Å². The van der Waals surface area contributed by atoms with Crippen LogP contribution in [0.3, 0.4) is 0 Å². The Morgan fingerprint density at radius 3 is 2.21 bits per heavy atom. The number of ketones is 1. The molecule has 0 aliphatic heterocycles. The van der Waals surface area contributed by atoms with Gasteiger partial charge >= 0.3 is 0 Å². The zero-order valence-electron chi connectivity index (χ0n) is 11.5. The van der Waals surface area contributed by atoms with Crippen molar-refractivity contribution in [3.05, 3.63) is 23.8 Å². The maximum Gasteiger partial charge on any atom is 0.170 e. The Morgan fingerprint density at radius 1 is 1.21 bits per heavy atom. The predicted molar refractivity (Wildman–Crippen MR) is 74.5 cm³/mol. The molecular weight excluding hydrogens is 244 g/mol. The summed E-state index contributed by atoms with van der Waals surface area (Å²) < 4.78 is 0. The third kappa shape index (κ3) is 2.89. The fraction of sp³-hybridized carbons (Fsp3) is 0.400. The number of rotatable bonds is 5. The van der Waals surface area contributed by atoms with Crippen molar-refractivity contribution in [2.75, 3.05) is 0 Å². The van der Waals surface area contributed by atoms with Crippen LogP contribution in [0.2, 0.25) is 0 Å². The van der Waals surface area contributed by atoms with E-state index in [1.54, 1.807) is 0 Å². The summed E-state index contributed by atoms with van der Waals surface area (Å²) in [4.78, 5) is 11.9. The predicted octanol–water partition coefficient (Wildman–Crippen LogP) is 3.46. The van der Waals surface area contributed by atoms with Crippen molar-refractivity contribution in [3.8, 4) is 17.2 Å². The molecule has 0 saturated heterocycles. The lowest BCUT2D eigenvalue weighted by atomic mass is 9.91. The lowest BCUT2D eigenvalue weighted by molar-refractivity contribution is 0.0976. The van der Waals surface area contributed by atoms with Crippen LogP contribution in [0.5, 0.6) is 17.2 Å². The molecule has 1 rings (SSSR count). The number of phenolic OH excluding ortho intramolecular Hbond substituents is 3. The molecule has 0 unspecified atom stereocenters. The van der Waals surface area contributed by atoms with Crippen LogP contribution in [0.1, 0.15) is 49.5 Å². The molecule has 0 fully saturated rings. The topological polar surface area (TPSA) is 77.8 Å². The molecule has 0 aromatic heterocycles. The van der Waals surface area contributed by atoms with Gasteiger partial charge in [0.1, 0.15) is 22.8 Å². The van der Waals surface area contributed by atoms with E-state index in [1.165, 1.54) is 0 Å². The smallest absolute Gasteiger partial charge is 0.170 e. The molecule has 4 nitrogen and oxygen atoms in total. The average Bonchev–Trinajstić information content (AvgIpc) is 2.28. The van der Waals surface area contributed by atoms with E-state index in [4.69, 9.17) is 0 Å². The molecule has 0 bridgehead atoms. The molecule has 3 N–H and O–H groups in total. The summed E-state index contributed by atoms with van der Waals surface area (Å²) in [5.41, 5.74) is 0.504. The van der Waals surface area contributed by atoms with Crippen molar-refractivity contribution in [3.63, 3.8) is 0 Å². The van der Waals surface area contributed by atoms with E-state index in [9.17, 15) is 20.1 Å². The number of hydrogen-bond donors (Lipinski definition) is 3. The van der Waals surface area contributed by atoms with Crippen LogP contribution in [-0.4, -0.2) is 21.1 Å². The molecule has 0 aliphatic carbocycles. The van der Waals surface area contributed by atoms with Crippen LogP contribution in [0.25, 0.3) is 5.57 Å². The van der Waals surface area contributed by atoms with Crippen molar-refractivity contribution in [1.82, 2.24) is 0 Å². The van der Waals surface area contributed by atoms with Gasteiger partial charge in [0, 0.05) is 12.5 Å². The quantitative estimate of drug-likeness (QED) is 0.712. The number of carbonyl (C=O) groups excluding carboxylic acids is 1. The number of phenols is 3. The Labute approximate surface area is 113 Å². The van der Waals surface area contributed by atoms with Gasteiger partial charge in [0.05, 0.1) is 5.56 Å². The van der Waals surface area contributed by atoms with Gasteiger partial charge in [-0.25, -0.2) is 0 Å². The van der Waals surface area contributed by atoms with Gasteiger partial charge in [-0.1, -0.05) is 27.4 Å². The summed E-state index contributed by atoms with van der Waals surface area (Å²) in [6, 6.07) is 1.07. The average molecular weight is 264 g/mol. The molecule has 0 amide bonds. The van der Waals surface area contributed by atoms with Crippen molar-refractivity contribution in [2.24, 2.45) is 5.92 Å². The first-order chi connectivity index (χ1) is 8.81. The minimum Gasteiger partial charge on any atom is -0.507 e. The second-order valence-electron chi connectivity index (χ2n) is 4.87.